The zero-order chi connectivity index (χ0) is 23.0. The summed E-state index contributed by atoms with van der Waals surface area (Å²) in [6.07, 6.45) is -10.1. The Morgan fingerprint density at radius 1 is 1.13 bits per heavy atom. The first-order valence-corrected chi connectivity index (χ1v) is 8.46. The van der Waals surface area contributed by atoms with Gasteiger partial charge in [-0.05, 0) is 12.1 Å². The van der Waals surface area contributed by atoms with Crippen molar-refractivity contribution in [1.29, 1.82) is 0 Å². The second kappa shape index (κ2) is 8.09. The Hall–Kier alpha value is -3.29. The molecule has 166 valence electrons. The van der Waals surface area contributed by atoms with Gasteiger partial charge in [0, 0.05) is 18.3 Å². The molecule has 0 spiro atoms. The Kier molecular flexibility index (Phi) is 5.85. The molecule has 31 heavy (non-hydrogen) atoms. The number of aromatic nitrogens is 5. The minimum absolute atomic E-state index is 0.0429. The first-order valence-electron chi connectivity index (χ1n) is 8.08. The summed E-state index contributed by atoms with van der Waals surface area (Å²) in [6, 6.07) is 3.79. The molecule has 0 fully saturated rings. The van der Waals surface area contributed by atoms with Gasteiger partial charge in [-0.15, -0.1) is 0 Å². The molecule has 0 aliphatic rings. The molecular formula is C16H10ClF6N5O3. The Bertz CT molecular complexity index is 1110. The van der Waals surface area contributed by atoms with Crippen molar-refractivity contribution < 1.29 is 40.6 Å². The number of rotatable bonds is 4. The van der Waals surface area contributed by atoms with Crippen molar-refractivity contribution in [3.05, 3.63) is 52.6 Å². The van der Waals surface area contributed by atoms with Crippen LogP contribution in [0.15, 0.2) is 30.5 Å². The molecule has 0 aromatic carbocycles. The lowest BCUT2D eigenvalue weighted by molar-refractivity contribution is -0.144. The number of methoxy groups -OCH3 is 1. The third-order valence-electron chi connectivity index (χ3n) is 3.69. The highest BCUT2D eigenvalue weighted by atomic mass is 35.5. The van der Waals surface area contributed by atoms with Crippen molar-refractivity contribution in [3.8, 4) is 11.7 Å². The van der Waals surface area contributed by atoms with Crippen molar-refractivity contribution in [3.63, 3.8) is 0 Å². The Morgan fingerprint density at radius 3 is 2.42 bits per heavy atom. The first-order chi connectivity index (χ1) is 14.4. The van der Waals surface area contributed by atoms with Gasteiger partial charge in [0.2, 0.25) is 5.88 Å². The van der Waals surface area contributed by atoms with Crippen LogP contribution in [0.1, 0.15) is 17.1 Å². The third-order valence-corrected chi connectivity index (χ3v) is 3.99. The van der Waals surface area contributed by atoms with Crippen LogP contribution < -0.4 is 4.74 Å². The van der Waals surface area contributed by atoms with E-state index < -0.39 is 36.4 Å². The van der Waals surface area contributed by atoms with Crippen molar-refractivity contribution in [2.24, 2.45) is 0 Å². The summed E-state index contributed by atoms with van der Waals surface area (Å²) >= 11 is 6.02. The van der Waals surface area contributed by atoms with Crippen LogP contribution in [0.3, 0.4) is 0 Å². The quantitative estimate of drug-likeness (QED) is 0.417. The summed E-state index contributed by atoms with van der Waals surface area (Å²) in [6.45, 7) is -0.833. The number of hydrogen-bond donors (Lipinski definition) is 0. The van der Waals surface area contributed by atoms with E-state index in [1.807, 2.05) is 0 Å². The van der Waals surface area contributed by atoms with Gasteiger partial charge in [0.1, 0.15) is 5.69 Å². The highest BCUT2D eigenvalue weighted by molar-refractivity contribution is 6.32. The van der Waals surface area contributed by atoms with Crippen LogP contribution in [-0.4, -0.2) is 37.8 Å². The summed E-state index contributed by atoms with van der Waals surface area (Å²) in [4.78, 5) is 15.4. The number of nitrogens with zero attached hydrogens (tertiary/aromatic N) is 5. The van der Waals surface area contributed by atoms with Crippen LogP contribution in [0.25, 0.3) is 5.82 Å². The summed E-state index contributed by atoms with van der Waals surface area (Å²) in [5.74, 6) is -0.402. The zero-order valence-electron chi connectivity index (χ0n) is 15.2. The molecule has 0 aliphatic carbocycles. The van der Waals surface area contributed by atoms with E-state index in [1.165, 1.54) is 18.3 Å². The molecule has 0 saturated heterocycles. The van der Waals surface area contributed by atoms with Gasteiger partial charge in [0.05, 0.1) is 24.4 Å². The summed E-state index contributed by atoms with van der Waals surface area (Å²) in [5.41, 5.74) is -3.60. The molecule has 3 aromatic heterocycles. The monoisotopic (exact) mass is 469 g/mol. The normalized spacial score (nSPS) is 12.1. The number of hydrogen-bond acceptors (Lipinski definition) is 6. The fraction of sp³-hybridized carbons (Fsp3) is 0.250. The maximum Gasteiger partial charge on any atom is 0.514 e. The lowest BCUT2D eigenvalue weighted by atomic mass is 10.3. The molecule has 0 radical (unpaired) electrons. The van der Waals surface area contributed by atoms with E-state index in [0.717, 1.165) is 17.9 Å². The van der Waals surface area contributed by atoms with E-state index in [9.17, 15) is 31.1 Å². The van der Waals surface area contributed by atoms with Crippen LogP contribution in [-0.2, 0) is 23.6 Å². The molecule has 15 heteroatoms. The van der Waals surface area contributed by atoms with E-state index in [4.69, 9.17) is 16.3 Å². The van der Waals surface area contributed by atoms with Gasteiger partial charge in [-0.25, -0.2) is 9.78 Å². The van der Waals surface area contributed by atoms with Crippen molar-refractivity contribution in [2.75, 3.05) is 7.11 Å². The van der Waals surface area contributed by atoms with Crippen LogP contribution in [0.5, 0.6) is 5.88 Å². The van der Waals surface area contributed by atoms with Crippen LogP contribution >= 0.6 is 11.6 Å². The van der Waals surface area contributed by atoms with Crippen LogP contribution in [0.2, 0.25) is 5.02 Å². The Balaban J connectivity index is 2.07. The van der Waals surface area contributed by atoms with Crippen molar-refractivity contribution in [1.82, 2.24) is 24.5 Å². The number of alkyl halides is 6. The highest BCUT2D eigenvalue weighted by Gasteiger charge is 2.42. The Morgan fingerprint density at radius 2 is 1.84 bits per heavy atom. The SMILES string of the molecule is COC(=O)Oc1cc(Cn2nc(C(F)(F)F)cc2C(F)(F)F)nn1-c1ncccc1Cl. The minimum Gasteiger partial charge on any atom is -0.437 e. The van der Waals surface area contributed by atoms with Gasteiger partial charge < -0.3 is 9.47 Å². The number of halogens is 7. The molecule has 0 amide bonds. The molecule has 0 aliphatic heterocycles. The minimum atomic E-state index is -5.12. The van der Waals surface area contributed by atoms with Crippen molar-refractivity contribution in [2.45, 2.75) is 18.9 Å². The van der Waals surface area contributed by atoms with Gasteiger partial charge >= 0.3 is 18.5 Å². The van der Waals surface area contributed by atoms with Crippen LogP contribution in [0, 0.1) is 0 Å². The lowest BCUT2D eigenvalue weighted by Crippen LogP contribution is -2.16. The number of carbonyl (C=O) groups is 1. The van der Waals surface area contributed by atoms with Crippen molar-refractivity contribution >= 4 is 17.8 Å². The predicted octanol–water partition coefficient (Wildman–Crippen LogP) is 4.35. The van der Waals surface area contributed by atoms with Gasteiger partial charge in [-0.1, -0.05) is 11.6 Å². The topological polar surface area (TPSA) is 84.1 Å². The molecule has 0 saturated carbocycles. The predicted molar refractivity (Wildman–Crippen MR) is 90.7 cm³/mol. The van der Waals surface area contributed by atoms with E-state index in [-0.39, 0.29) is 33.2 Å². The summed E-state index contributed by atoms with van der Waals surface area (Å²) in [5, 5.41) is 6.99. The zero-order valence-corrected chi connectivity index (χ0v) is 16.0. The average molecular weight is 470 g/mol. The second-order valence-corrected chi connectivity index (χ2v) is 6.23. The standard InChI is InChI=1S/C16H10ClF6N5O3/c1-30-14(29)31-12-5-8(25-28(12)13-9(17)3-2-4-24-13)7-27-11(16(21,22)23)6-10(26-27)15(18,19)20/h2-6H,7H2,1H3. The maximum atomic E-state index is 13.2. The number of pyridine rings is 1. The fourth-order valence-electron chi connectivity index (χ4n) is 2.43. The highest BCUT2D eigenvalue weighted by Crippen LogP contribution is 2.35. The fourth-order valence-corrected chi connectivity index (χ4v) is 2.63. The number of ether oxygens (including phenoxy) is 2. The van der Waals surface area contributed by atoms with Gasteiger partial charge in [0.15, 0.2) is 11.5 Å². The average Bonchev–Trinajstić information content (AvgIpc) is 3.26. The molecule has 3 heterocycles. The molecule has 0 bridgehead atoms. The molecule has 3 rings (SSSR count). The van der Waals surface area contributed by atoms with Gasteiger partial charge in [0.25, 0.3) is 0 Å². The largest absolute Gasteiger partial charge is 0.514 e. The molecule has 0 N–H and O–H groups in total. The van der Waals surface area contributed by atoms with E-state index in [2.05, 4.69) is 19.9 Å². The maximum absolute atomic E-state index is 13.2. The molecular weight excluding hydrogens is 460 g/mol. The number of carbonyl (C=O) groups excluding carboxylic acids is 1. The molecule has 0 atom stereocenters. The van der Waals surface area contributed by atoms with E-state index in [0.29, 0.717) is 0 Å². The van der Waals surface area contributed by atoms with E-state index in [1.54, 1.807) is 0 Å². The second-order valence-electron chi connectivity index (χ2n) is 5.82. The summed E-state index contributed by atoms with van der Waals surface area (Å²) in [7, 11) is 1.01. The van der Waals surface area contributed by atoms with Crippen LogP contribution in [0.4, 0.5) is 31.1 Å². The first kappa shape index (κ1) is 22.4. The van der Waals surface area contributed by atoms with E-state index >= 15 is 0 Å². The molecule has 8 nitrogen and oxygen atoms in total. The summed E-state index contributed by atoms with van der Waals surface area (Å²) < 4.78 is 88.4. The lowest BCUT2D eigenvalue weighted by Gasteiger charge is -2.08. The van der Waals surface area contributed by atoms with Gasteiger partial charge in [-0.3, -0.25) is 4.68 Å². The smallest absolute Gasteiger partial charge is 0.437 e. The molecule has 3 aromatic rings. The molecule has 0 unspecified atom stereocenters. The Labute approximate surface area is 173 Å². The third kappa shape index (κ3) is 4.90. The van der Waals surface area contributed by atoms with Gasteiger partial charge in [-0.2, -0.15) is 41.2 Å².